The molecule has 0 saturated carbocycles. The van der Waals surface area contributed by atoms with Gasteiger partial charge in [0.05, 0.1) is 6.61 Å². The minimum atomic E-state index is 0.874. The van der Waals surface area contributed by atoms with Gasteiger partial charge in [0, 0.05) is 12.0 Å². The van der Waals surface area contributed by atoms with Crippen molar-refractivity contribution in [3.8, 4) is 5.75 Å². The Morgan fingerprint density at radius 3 is 2.54 bits per heavy atom. The Hall–Kier alpha value is -0.980. The van der Waals surface area contributed by atoms with E-state index in [0.29, 0.717) is 0 Å². The lowest BCUT2D eigenvalue weighted by Gasteiger charge is -2.08. The number of rotatable bonds is 2. The van der Waals surface area contributed by atoms with Crippen molar-refractivity contribution in [3.63, 3.8) is 0 Å². The number of hydrogen-bond acceptors (Lipinski definition) is 1. The van der Waals surface area contributed by atoms with Gasteiger partial charge in [-0.25, -0.2) is 0 Å². The molecule has 0 N–H and O–H groups in total. The number of fused-ring (bicyclic) bond motifs is 1. The third-order valence-corrected chi connectivity index (χ3v) is 2.80. The summed E-state index contributed by atoms with van der Waals surface area (Å²) in [5.41, 5.74) is 4.29. The molecular weight excluding hydrogens is 160 g/mol. The van der Waals surface area contributed by atoms with E-state index < -0.39 is 0 Å². The van der Waals surface area contributed by atoms with Gasteiger partial charge < -0.3 is 4.74 Å². The fourth-order valence-corrected chi connectivity index (χ4v) is 2.04. The summed E-state index contributed by atoms with van der Waals surface area (Å²) in [6.45, 7) is 5.27. The van der Waals surface area contributed by atoms with Crippen LogP contribution in [0.3, 0.4) is 0 Å². The Labute approximate surface area is 79.7 Å². The van der Waals surface area contributed by atoms with Gasteiger partial charge in [0.2, 0.25) is 0 Å². The third-order valence-electron chi connectivity index (χ3n) is 2.80. The second kappa shape index (κ2) is 3.41. The van der Waals surface area contributed by atoms with Crippen LogP contribution in [0, 0.1) is 0 Å². The first-order valence-electron chi connectivity index (χ1n) is 5.13. The highest BCUT2D eigenvalue weighted by molar-refractivity contribution is 5.48. The van der Waals surface area contributed by atoms with E-state index in [4.69, 9.17) is 4.74 Å². The molecule has 2 rings (SSSR count). The van der Waals surface area contributed by atoms with Crippen LogP contribution in [0.2, 0.25) is 0 Å². The molecule has 1 aromatic carbocycles. The molecule has 0 fully saturated rings. The summed E-state index contributed by atoms with van der Waals surface area (Å²) in [5.74, 6) is 1.18. The van der Waals surface area contributed by atoms with Gasteiger partial charge in [0.15, 0.2) is 0 Å². The topological polar surface area (TPSA) is 9.23 Å². The molecule has 0 saturated heterocycles. The molecule has 0 radical (unpaired) electrons. The van der Waals surface area contributed by atoms with Crippen LogP contribution in [0.1, 0.15) is 30.5 Å². The van der Waals surface area contributed by atoms with E-state index in [1.807, 2.05) is 0 Å². The Kier molecular flexibility index (Phi) is 2.26. The number of benzene rings is 1. The predicted molar refractivity (Wildman–Crippen MR) is 54.4 cm³/mol. The average molecular weight is 176 g/mol. The first-order chi connectivity index (χ1) is 6.36. The van der Waals surface area contributed by atoms with Crippen molar-refractivity contribution in [2.75, 3.05) is 6.61 Å². The van der Waals surface area contributed by atoms with Crippen LogP contribution < -0.4 is 4.74 Å². The minimum Gasteiger partial charge on any atom is -0.493 e. The SMILES string of the molecule is CCc1ccc(CC)c2c1CCO2. The van der Waals surface area contributed by atoms with Gasteiger partial charge in [-0.2, -0.15) is 0 Å². The zero-order chi connectivity index (χ0) is 9.26. The van der Waals surface area contributed by atoms with E-state index >= 15 is 0 Å². The molecular formula is C12H16O. The standard InChI is InChI=1S/C12H16O/c1-3-9-5-6-10(4-2)12-11(9)7-8-13-12/h5-6H,3-4,7-8H2,1-2H3. The van der Waals surface area contributed by atoms with Crippen LogP contribution in [-0.2, 0) is 19.3 Å². The summed E-state index contributed by atoms with van der Waals surface area (Å²) in [4.78, 5) is 0. The highest BCUT2D eigenvalue weighted by Crippen LogP contribution is 2.32. The van der Waals surface area contributed by atoms with E-state index in [1.165, 1.54) is 22.4 Å². The number of hydrogen-bond donors (Lipinski definition) is 0. The van der Waals surface area contributed by atoms with Gasteiger partial charge in [-0.05, 0) is 24.0 Å². The molecule has 0 bridgehead atoms. The molecule has 1 nitrogen and oxygen atoms in total. The highest BCUT2D eigenvalue weighted by Gasteiger charge is 2.17. The van der Waals surface area contributed by atoms with Crippen LogP contribution in [0.5, 0.6) is 5.75 Å². The van der Waals surface area contributed by atoms with Gasteiger partial charge in [-0.3, -0.25) is 0 Å². The van der Waals surface area contributed by atoms with E-state index in [9.17, 15) is 0 Å². The summed E-state index contributed by atoms with van der Waals surface area (Å²) in [6.07, 6.45) is 3.30. The molecule has 1 heteroatoms. The van der Waals surface area contributed by atoms with Gasteiger partial charge in [0.1, 0.15) is 5.75 Å². The first kappa shape index (κ1) is 8.61. The van der Waals surface area contributed by atoms with E-state index in [2.05, 4.69) is 26.0 Å². The predicted octanol–water partition coefficient (Wildman–Crippen LogP) is 2.75. The number of ether oxygens (including phenoxy) is 1. The van der Waals surface area contributed by atoms with Crippen LogP contribution in [-0.4, -0.2) is 6.61 Å². The highest BCUT2D eigenvalue weighted by atomic mass is 16.5. The summed E-state index contributed by atoms with van der Waals surface area (Å²) in [5, 5.41) is 0. The van der Waals surface area contributed by atoms with Gasteiger partial charge >= 0.3 is 0 Å². The summed E-state index contributed by atoms with van der Waals surface area (Å²) in [7, 11) is 0. The van der Waals surface area contributed by atoms with Crippen molar-refractivity contribution >= 4 is 0 Å². The molecule has 0 amide bonds. The molecule has 0 spiro atoms. The van der Waals surface area contributed by atoms with Crippen LogP contribution in [0.25, 0.3) is 0 Å². The summed E-state index contributed by atoms with van der Waals surface area (Å²) < 4.78 is 5.66. The van der Waals surface area contributed by atoms with Crippen LogP contribution in [0.15, 0.2) is 12.1 Å². The first-order valence-corrected chi connectivity index (χ1v) is 5.13. The normalized spacial score (nSPS) is 14.0. The summed E-state index contributed by atoms with van der Waals surface area (Å²) in [6, 6.07) is 4.47. The zero-order valence-corrected chi connectivity index (χ0v) is 8.39. The largest absolute Gasteiger partial charge is 0.493 e. The van der Waals surface area contributed by atoms with Crippen molar-refractivity contribution in [2.24, 2.45) is 0 Å². The lowest BCUT2D eigenvalue weighted by Crippen LogP contribution is -1.92. The Bertz CT molecular complexity index is 284. The minimum absolute atomic E-state index is 0.874. The average Bonchev–Trinajstić information content (AvgIpc) is 2.64. The van der Waals surface area contributed by atoms with Crippen molar-refractivity contribution < 1.29 is 4.74 Å². The molecule has 0 aromatic heterocycles. The third kappa shape index (κ3) is 1.32. The summed E-state index contributed by atoms with van der Waals surface area (Å²) >= 11 is 0. The molecule has 0 aliphatic carbocycles. The molecule has 1 heterocycles. The second-order valence-electron chi connectivity index (χ2n) is 3.50. The lowest BCUT2D eigenvalue weighted by molar-refractivity contribution is 0.353. The van der Waals surface area contributed by atoms with Crippen molar-refractivity contribution in [1.82, 2.24) is 0 Å². The zero-order valence-electron chi connectivity index (χ0n) is 8.39. The monoisotopic (exact) mass is 176 g/mol. The maximum absolute atomic E-state index is 5.66. The molecule has 1 aromatic rings. The smallest absolute Gasteiger partial charge is 0.126 e. The van der Waals surface area contributed by atoms with Crippen molar-refractivity contribution in [1.29, 1.82) is 0 Å². The Balaban J connectivity index is 2.52. The fourth-order valence-electron chi connectivity index (χ4n) is 2.04. The molecule has 0 atom stereocenters. The molecule has 1 aliphatic rings. The maximum atomic E-state index is 5.66. The fraction of sp³-hybridized carbons (Fsp3) is 0.500. The van der Waals surface area contributed by atoms with Crippen LogP contribution in [0.4, 0.5) is 0 Å². The lowest BCUT2D eigenvalue weighted by atomic mass is 9.99. The molecule has 0 unspecified atom stereocenters. The molecule has 1 aliphatic heterocycles. The van der Waals surface area contributed by atoms with Gasteiger partial charge in [-0.15, -0.1) is 0 Å². The van der Waals surface area contributed by atoms with Gasteiger partial charge in [-0.1, -0.05) is 26.0 Å². The van der Waals surface area contributed by atoms with Gasteiger partial charge in [0.25, 0.3) is 0 Å². The van der Waals surface area contributed by atoms with Crippen molar-refractivity contribution in [3.05, 3.63) is 28.8 Å². The van der Waals surface area contributed by atoms with E-state index in [0.717, 1.165) is 25.9 Å². The molecule has 70 valence electrons. The maximum Gasteiger partial charge on any atom is 0.126 e. The number of aryl methyl sites for hydroxylation is 2. The quantitative estimate of drug-likeness (QED) is 0.673. The van der Waals surface area contributed by atoms with Crippen molar-refractivity contribution in [2.45, 2.75) is 33.1 Å². The molecule has 13 heavy (non-hydrogen) atoms. The van der Waals surface area contributed by atoms with Crippen LogP contribution >= 0.6 is 0 Å². The van der Waals surface area contributed by atoms with E-state index in [-0.39, 0.29) is 0 Å². The Morgan fingerprint density at radius 2 is 1.85 bits per heavy atom. The Morgan fingerprint density at radius 1 is 1.15 bits per heavy atom. The second-order valence-corrected chi connectivity index (χ2v) is 3.50. The van der Waals surface area contributed by atoms with E-state index in [1.54, 1.807) is 0 Å².